The van der Waals surface area contributed by atoms with E-state index < -0.39 is 22.1 Å². The monoisotopic (exact) mass is 413 g/mol. The summed E-state index contributed by atoms with van der Waals surface area (Å²) >= 11 is 0. The van der Waals surface area contributed by atoms with E-state index in [1.165, 1.54) is 19.3 Å². The van der Waals surface area contributed by atoms with Crippen molar-refractivity contribution in [3.63, 3.8) is 0 Å². The van der Waals surface area contributed by atoms with Crippen molar-refractivity contribution in [2.24, 2.45) is 23.2 Å². The van der Waals surface area contributed by atoms with Crippen LogP contribution in [0.2, 0.25) is 0 Å². The van der Waals surface area contributed by atoms with Crippen LogP contribution in [0.5, 0.6) is 0 Å². The average molecular weight is 414 g/mol. The zero-order chi connectivity index (χ0) is 20.5. The van der Waals surface area contributed by atoms with Gasteiger partial charge in [0.2, 0.25) is 10.0 Å². The van der Waals surface area contributed by atoms with Gasteiger partial charge in [0.05, 0.1) is 6.26 Å². The van der Waals surface area contributed by atoms with Gasteiger partial charge in [-0.05, 0) is 75.0 Å². The third-order valence-corrected chi connectivity index (χ3v) is 8.31. The Labute approximate surface area is 169 Å². The molecule has 4 amide bonds. The zero-order valence-corrected chi connectivity index (χ0v) is 18.2. The van der Waals surface area contributed by atoms with Crippen molar-refractivity contribution in [1.29, 1.82) is 0 Å². The molecule has 8 heteroatoms. The third kappa shape index (κ3) is 4.63. The molecular formula is C20H35N3O4S. The summed E-state index contributed by atoms with van der Waals surface area (Å²) in [6.45, 7) is 4.13. The zero-order valence-electron chi connectivity index (χ0n) is 17.4. The van der Waals surface area contributed by atoms with Gasteiger partial charge in [-0.2, -0.15) is 0 Å². The molecular weight excluding hydrogens is 378 g/mol. The van der Waals surface area contributed by atoms with E-state index in [0.717, 1.165) is 60.4 Å². The molecule has 0 aliphatic heterocycles. The van der Waals surface area contributed by atoms with Gasteiger partial charge in [-0.1, -0.05) is 19.8 Å². The first kappa shape index (κ1) is 21.4. The number of carbonyl (C=O) groups excluding carboxylic acids is 2. The molecule has 0 radical (unpaired) electrons. The Hall–Kier alpha value is -1.31. The van der Waals surface area contributed by atoms with Crippen LogP contribution in [0.3, 0.4) is 0 Å². The number of hydrogen-bond acceptors (Lipinski definition) is 4. The number of nitrogens with one attached hydrogen (secondary N) is 2. The van der Waals surface area contributed by atoms with Gasteiger partial charge in [-0.3, -0.25) is 5.32 Å². The lowest BCUT2D eigenvalue weighted by atomic mass is 9.48. The fourth-order valence-electron chi connectivity index (χ4n) is 6.18. The van der Waals surface area contributed by atoms with E-state index in [2.05, 4.69) is 10.6 Å². The Morgan fingerprint density at radius 1 is 1.07 bits per heavy atom. The molecule has 4 saturated carbocycles. The van der Waals surface area contributed by atoms with Gasteiger partial charge in [0, 0.05) is 12.6 Å². The van der Waals surface area contributed by atoms with Gasteiger partial charge in [0.1, 0.15) is 0 Å². The number of amides is 4. The fourth-order valence-corrected chi connectivity index (χ4v) is 6.98. The summed E-state index contributed by atoms with van der Waals surface area (Å²) in [6, 6.07) is -1.49. The molecule has 0 aromatic rings. The molecule has 0 spiro atoms. The minimum atomic E-state index is -3.71. The summed E-state index contributed by atoms with van der Waals surface area (Å²) in [7, 11) is -3.71. The summed E-state index contributed by atoms with van der Waals surface area (Å²) in [6.07, 6.45) is 10.8. The Morgan fingerprint density at radius 2 is 1.61 bits per heavy atom. The summed E-state index contributed by atoms with van der Waals surface area (Å²) < 4.78 is 24.6. The predicted molar refractivity (Wildman–Crippen MR) is 108 cm³/mol. The lowest BCUT2D eigenvalue weighted by Gasteiger charge is -2.59. The van der Waals surface area contributed by atoms with Crippen molar-refractivity contribution in [3.05, 3.63) is 0 Å². The fraction of sp³-hybridized carbons (Fsp3) is 0.900. The van der Waals surface area contributed by atoms with Crippen molar-refractivity contribution < 1.29 is 18.0 Å². The largest absolute Gasteiger partial charge is 0.339 e. The number of sulfonamides is 1. The summed E-state index contributed by atoms with van der Waals surface area (Å²) in [5.41, 5.74) is 0.132. The summed E-state index contributed by atoms with van der Waals surface area (Å²) in [5, 5.41) is 5.18. The normalized spacial score (nSPS) is 32.0. The van der Waals surface area contributed by atoms with E-state index in [4.69, 9.17) is 0 Å². The highest BCUT2D eigenvalue weighted by Gasteiger charge is 2.53. The molecule has 4 fully saturated rings. The van der Waals surface area contributed by atoms with E-state index in [1.54, 1.807) is 0 Å². The molecule has 28 heavy (non-hydrogen) atoms. The molecule has 0 saturated heterocycles. The standard InChI is InChI=1S/C20H35N3O4S/c1-4-5-6-7-23(28(3,26)27)19(25)22-18(24)21-14(2)20-11-15-8-16(12-20)10-17(9-15)13-20/h14-17H,4-13H2,1-3H3,(H2,21,22,24,25)/t14-,15?,16?,17?,20?/m0/s1. The Balaban J connectivity index is 1.57. The minimum absolute atomic E-state index is 0.0273. The molecule has 4 bridgehead atoms. The molecule has 4 aliphatic rings. The van der Waals surface area contributed by atoms with Crippen LogP contribution in [-0.4, -0.2) is 43.6 Å². The highest BCUT2D eigenvalue weighted by atomic mass is 32.2. The van der Waals surface area contributed by atoms with Crippen LogP contribution < -0.4 is 10.6 Å². The molecule has 0 heterocycles. The molecule has 4 aliphatic carbocycles. The first-order valence-electron chi connectivity index (χ1n) is 10.7. The Bertz CT molecular complexity index is 671. The van der Waals surface area contributed by atoms with Gasteiger partial charge in [-0.25, -0.2) is 22.3 Å². The second-order valence-corrected chi connectivity index (χ2v) is 11.4. The number of imide groups is 1. The van der Waals surface area contributed by atoms with Gasteiger partial charge in [0.25, 0.3) is 0 Å². The SMILES string of the molecule is CCCCCN(C(=O)NC(=O)N[C@@H](C)C12CC3CC(CC(C3)C1)C2)S(C)(=O)=O. The molecule has 1 atom stereocenters. The van der Waals surface area contributed by atoms with E-state index in [1.807, 2.05) is 13.8 Å². The maximum absolute atomic E-state index is 12.5. The first-order chi connectivity index (χ1) is 13.1. The van der Waals surface area contributed by atoms with Gasteiger partial charge < -0.3 is 5.32 Å². The van der Waals surface area contributed by atoms with Gasteiger partial charge in [-0.15, -0.1) is 0 Å². The molecule has 0 unspecified atom stereocenters. The molecule has 0 aromatic heterocycles. The number of rotatable bonds is 7. The lowest BCUT2D eigenvalue weighted by molar-refractivity contribution is -0.0681. The second kappa shape index (κ2) is 8.20. The number of urea groups is 2. The maximum Gasteiger partial charge on any atom is 0.339 e. The minimum Gasteiger partial charge on any atom is -0.335 e. The van der Waals surface area contributed by atoms with Crippen molar-refractivity contribution in [1.82, 2.24) is 14.9 Å². The molecule has 7 nitrogen and oxygen atoms in total. The number of hydrogen-bond donors (Lipinski definition) is 2. The van der Waals surface area contributed by atoms with Crippen molar-refractivity contribution in [2.75, 3.05) is 12.8 Å². The van der Waals surface area contributed by atoms with Gasteiger partial charge in [0.15, 0.2) is 0 Å². The van der Waals surface area contributed by atoms with Crippen LogP contribution in [-0.2, 0) is 10.0 Å². The maximum atomic E-state index is 12.5. The van der Waals surface area contributed by atoms with Crippen LogP contribution in [0, 0.1) is 23.2 Å². The van der Waals surface area contributed by atoms with E-state index in [9.17, 15) is 18.0 Å². The van der Waals surface area contributed by atoms with Crippen molar-refractivity contribution >= 4 is 22.1 Å². The highest BCUT2D eigenvalue weighted by Crippen LogP contribution is 2.61. The van der Waals surface area contributed by atoms with Crippen LogP contribution in [0.4, 0.5) is 9.59 Å². The van der Waals surface area contributed by atoms with Crippen molar-refractivity contribution in [3.8, 4) is 0 Å². The molecule has 4 rings (SSSR count). The van der Waals surface area contributed by atoms with Crippen LogP contribution in [0.15, 0.2) is 0 Å². The molecule has 0 aromatic carbocycles. The Morgan fingerprint density at radius 3 is 2.07 bits per heavy atom. The molecule has 160 valence electrons. The van der Waals surface area contributed by atoms with E-state index >= 15 is 0 Å². The van der Waals surface area contributed by atoms with Crippen LogP contribution in [0.25, 0.3) is 0 Å². The topological polar surface area (TPSA) is 95.6 Å². The lowest BCUT2D eigenvalue weighted by Crippen LogP contribution is -2.58. The molecule has 2 N–H and O–H groups in total. The average Bonchev–Trinajstić information content (AvgIpc) is 2.56. The van der Waals surface area contributed by atoms with Crippen molar-refractivity contribution in [2.45, 2.75) is 77.7 Å². The predicted octanol–water partition coefficient (Wildman–Crippen LogP) is 3.46. The van der Waals surface area contributed by atoms with E-state index in [0.29, 0.717) is 6.42 Å². The number of unbranched alkanes of at least 4 members (excludes halogenated alkanes) is 2. The summed E-state index contributed by atoms with van der Waals surface area (Å²) in [4.78, 5) is 24.9. The first-order valence-corrected chi connectivity index (χ1v) is 12.6. The second-order valence-electron chi connectivity index (χ2n) is 9.45. The number of carbonyl (C=O) groups is 2. The quantitative estimate of drug-likeness (QED) is 0.625. The summed E-state index contributed by atoms with van der Waals surface area (Å²) in [5.74, 6) is 2.33. The Kier molecular flexibility index (Phi) is 6.27. The van der Waals surface area contributed by atoms with Gasteiger partial charge >= 0.3 is 12.1 Å². The highest BCUT2D eigenvalue weighted by molar-refractivity contribution is 7.88. The van der Waals surface area contributed by atoms with Crippen LogP contribution >= 0.6 is 0 Å². The van der Waals surface area contributed by atoms with E-state index in [-0.39, 0.29) is 18.0 Å². The smallest absolute Gasteiger partial charge is 0.335 e. The van der Waals surface area contributed by atoms with Crippen LogP contribution in [0.1, 0.15) is 71.6 Å². The third-order valence-electron chi connectivity index (χ3n) is 7.16. The number of nitrogens with zero attached hydrogens (tertiary/aromatic N) is 1.